The number of urea groups is 1. The molecule has 4 aliphatic heterocycles. The summed E-state index contributed by atoms with van der Waals surface area (Å²) in [6.07, 6.45) is 5.58. The number of aromatic nitrogens is 9. The molecular weight excluding hydrogens is 1780 g/mol. The number of amides is 8. The lowest BCUT2D eigenvalue weighted by Gasteiger charge is -2.29. The van der Waals surface area contributed by atoms with Gasteiger partial charge in [-0.15, -0.1) is 15.3 Å². The van der Waals surface area contributed by atoms with Crippen LogP contribution in [0.5, 0.6) is 17.2 Å². The highest BCUT2D eigenvalue weighted by Crippen LogP contribution is 2.45. The second-order valence-corrected chi connectivity index (χ2v) is 38.8. The summed E-state index contributed by atoms with van der Waals surface area (Å²) in [5, 5.41) is 35.5. The Balaban J connectivity index is 0.000000171. The van der Waals surface area contributed by atoms with Crippen molar-refractivity contribution < 1.29 is 76.4 Å². The molecule has 0 bridgehead atoms. The monoisotopic (exact) mass is 1910 g/mol. The molecule has 4 saturated heterocycles. The third-order valence-electron chi connectivity index (χ3n) is 26.4. The number of alkyl carbamates (subject to hydrolysis) is 3. The summed E-state index contributed by atoms with van der Waals surface area (Å²) in [5.74, 6) is 0.989. The highest BCUT2D eigenvalue weighted by molar-refractivity contribution is 5.96. The summed E-state index contributed by atoms with van der Waals surface area (Å²) in [6.45, 7) is 12.7. The van der Waals surface area contributed by atoms with Crippen LogP contribution < -0.4 is 46.9 Å². The van der Waals surface area contributed by atoms with Crippen LogP contribution >= 0.6 is 0 Å². The third kappa shape index (κ3) is 26.2. The van der Waals surface area contributed by atoms with Gasteiger partial charge in [0.15, 0.2) is 17.3 Å². The number of methoxy groups -OCH3 is 3. The molecule has 0 radical (unpaired) electrons. The van der Waals surface area contributed by atoms with Crippen LogP contribution in [-0.2, 0) is 103 Å². The van der Waals surface area contributed by atoms with E-state index in [4.69, 9.17) is 39.9 Å². The number of carbonyl (C=O) groups is 10. The number of benzene rings is 8. The topological polar surface area (TPSA) is 431 Å². The molecule has 0 spiro atoms. The molecule has 9 atom stereocenters. The first kappa shape index (κ1) is 102. The van der Waals surface area contributed by atoms with Crippen molar-refractivity contribution in [2.75, 3.05) is 80.3 Å². The lowest BCUT2D eigenvalue weighted by molar-refractivity contribution is -0.139. The van der Waals surface area contributed by atoms with Crippen LogP contribution in [-0.4, -0.2) is 252 Å². The summed E-state index contributed by atoms with van der Waals surface area (Å²) in [6, 6.07) is 51.8. The van der Waals surface area contributed by atoms with E-state index in [9.17, 15) is 47.9 Å². The van der Waals surface area contributed by atoms with E-state index in [-0.39, 0.29) is 104 Å². The predicted octanol–water partition coefficient (Wildman–Crippen LogP) is 11.2. The molecule has 5 aliphatic rings. The lowest BCUT2D eigenvalue weighted by Crippen LogP contribution is -2.56. The van der Waals surface area contributed by atoms with Crippen LogP contribution in [0.1, 0.15) is 143 Å². The zero-order valence-electron chi connectivity index (χ0n) is 81.8. The molecule has 140 heavy (non-hydrogen) atoms. The molecule has 3 aromatic heterocycles. The largest absolute Gasteiger partial charge is 0.497 e. The van der Waals surface area contributed by atoms with Crippen LogP contribution in [0, 0.1) is 17.8 Å². The van der Waals surface area contributed by atoms with Crippen LogP contribution in [0.15, 0.2) is 176 Å². The van der Waals surface area contributed by atoms with Crippen LogP contribution in [0.25, 0.3) is 44.2 Å². The molecule has 0 unspecified atom stereocenters. The van der Waals surface area contributed by atoms with Crippen LogP contribution in [0.3, 0.4) is 0 Å². The number of hydrogen-bond acceptors (Lipinski definition) is 24. The van der Waals surface area contributed by atoms with Crippen LogP contribution in [0.4, 0.5) is 19.2 Å². The van der Waals surface area contributed by atoms with Crippen molar-refractivity contribution in [2.45, 2.75) is 185 Å². The number of hydrogen-bond donors (Lipinski definition) is 6. The van der Waals surface area contributed by atoms with Crippen molar-refractivity contribution >= 4 is 92.5 Å². The summed E-state index contributed by atoms with van der Waals surface area (Å²) in [4.78, 5) is 141. The maximum atomic E-state index is 14.6. The number of rotatable bonds is 33. The number of carbonyl (C=O) groups excluding carboxylic acids is 10. The average molecular weight is 1910 g/mol. The Kier molecular flexibility index (Phi) is 33.4. The van der Waals surface area contributed by atoms with E-state index in [0.29, 0.717) is 84.0 Å². The smallest absolute Gasteiger partial charge is 0.408 e. The molecule has 4 fully saturated rings. The van der Waals surface area contributed by atoms with E-state index in [2.05, 4.69) is 64.3 Å². The first-order valence-corrected chi connectivity index (χ1v) is 48.0. The van der Waals surface area contributed by atoms with Gasteiger partial charge in [-0.3, -0.25) is 28.8 Å². The molecule has 0 saturated carbocycles. The number of nitrogens with zero attached hydrogens (tertiary/aromatic N) is 13. The zero-order valence-corrected chi connectivity index (χ0v) is 81.8. The van der Waals surface area contributed by atoms with Gasteiger partial charge in [-0.05, 0) is 258 Å². The molecule has 11 aromatic rings. The minimum atomic E-state index is -1.25. The highest BCUT2D eigenvalue weighted by Gasteiger charge is 2.46. The summed E-state index contributed by atoms with van der Waals surface area (Å²) in [7, 11) is 10.4. The fourth-order valence-corrected chi connectivity index (χ4v) is 19.3. The van der Waals surface area contributed by atoms with Gasteiger partial charge in [-0.25, -0.2) is 33.2 Å². The first-order chi connectivity index (χ1) is 67.1. The number of Topliss-reactive ketones (excluding diaryl/α,β-unsaturated/α-hetero) is 3. The number of fused-ring (bicyclic) bond motifs is 6. The van der Waals surface area contributed by atoms with Crippen molar-refractivity contribution in [3.63, 3.8) is 0 Å². The molecule has 35 nitrogen and oxygen atoms in total. The Morgan fingerprint density at radius 3 is 1.14 bits per heavy atom. The minimum absolute atomic E-state index is 0.0168. The number of likely N-dealkylation sites (tertiary alicyclic amines) is 4. The SMILES string of the molecule is COc1ccc(C[C@@H]2C[C@@H](C(=O)CCc3ccc4c(c3)nnn4C)N(C(=O)[C@@H](CN)NC(=O)OC(C)(C)C)C2)cc1.COc1ccc(C[C@@H]2C[C@@H](C(=O)CCc3ccc4c(c3)nnn4C)N(C(=O)[C@@H](CNC(=O)OCC3c4ccccc4-c4ccccc43)NC(=O)OC(C)(C)C)C2)cc1.COc1ccc(C[C@@H]2C[C@@H](C(=O)CCc3ccc4c(c3)nnn4C)N(C(=O)[C@H](N)CNC(=O)N3CCCC3)C2)cc1. The number of nitrogens with two attached hydrogens (primary N) is 2. The normalized spacial score (nSPS) is 17.8. The Labute approximate surface area is 814 Å². The van der Waals surface area contributed by atoms with E-state index >= 15 is 0 Å². The van der Waals surface area contributed by atoms with Crippen molar-refractivity contribution in [1.29, 1.82) is 0 Å². The maximum absolute atomic E-state index is 14.6. The Hall–Kier alpha value is -14.2. The predicted molar refractivity (Wildman–Crippen MR) is 527 cm³/mol. The molecule has 8 N–H and O–H groups in total. The Bertz CT molecular complexity index is 6180. The molecule has 8 aromatic carbocycles. The fraction of sp³-hybridized carbons (Fsp3) is 0.448. The average Bonchev–Trinajstić information content (AvgIpc) is 1.61. The molecule has 740 valence electrons. The van der Waals surface area contributed by atoms with Gasteiger partial charge in [0.25, 0.3) is 0 Å². The van der Waals surface area contributed by atoms with E-state index in [1.807, 2.05) is 185 Å². The van der Waals surface area contributed by atoms with E-state index in [1.165, 1.54) is 0 Å². The molecule has 7 heterocycles. The molecule has 35 heteroatoms. The van der Waals surface area contributed by atoms with Gasteiger partial charge in [0.05, 0.1) is 62.5 Å². The lowest BCUT2D eigenvalue weighted by atomic mass is 9.94. The summed E-state index contributed by atoms with van der Waals surface area (Å²) >= 11 is 0. The van der Waals surface area contributed by atoms with Crippen molar-refractivity contribution in [2.24, 2.45) is 50.4 Å². The number of aryl methyl sites for hydroxylation is 6. The van der Waals surface area contributed by atoms with Gasteiger partial charge < -0.3 is 80.8 Å². The van der Waals surface area contributed by atoms with E-state index in [0.717, 1.165) is 125 Å². The minimum Gasteiger partial charge on any atom is -0.497 e. The van der Waals surface area contributed by atoms with Gasteiger partial charge in [0.2, 0.25) is 17.7 Å². The van der Waals surface area contributed by atoms with Gasteiger partial charge in [-0.2, -0.15) is 0 Å². The Morgan fingerprint density at radius 1 is 0.429 bits per heavy atom. The summed E-state index contributed by atoms with van der Waals surface area (Å²) in [5.41, 5.74) is 26.2. The molecule has 1 aliphatic carbocycles. The zero-order chi connectivity index (χ0) is 99.6. The van der Waals surface area contributed by atoms with Crippen molar-refractivity contribution in [3.8, 4) is 28.4 Å². The number of nitrogens with one attached hydrogen (secondary N) is 4. The van der Waals surface area contributed by atoms with Gasteiger partial charge in [0, 0.05) is 92.1 Å². The quantitative estimate of drug-likeness (QED) is 0.0208. The number of ketones is 3. The Morgan fingerprint density at radius 2 is 0.779 bits per heavy atom. The second kappa shape index (κ2) is 46.0. The van der Waals surface area contributed by atoms with Gasteiger partial charge in [0.1, 0.15) is 69.7 Å². The number of ether oxygens (including phenoxy) is 6. The standard InChI is InChI=1S/C45H50N6O7.C30H39N7O4.C30H40N6O5/c1-45(2,3)58-44(55)47-38(25-46-43(54)57-27-36-34-12-8-6-10-32(34)33-11-7-9-13-35(33)36)42(53)51-26-30(22-28-14-18-31(56-5)19-15-28)24-40(51)41(52)21-17-29-16-20-39-37(23-29)48-49-50(39)4;1-35-26-11-7-21(16-25(26)33-34-35)8-12-28(38)27-17-22(15-20-5-9-23(41-2)10-6-20)19-37(27)29(39)24(31)18-32-30(40)36-13-3-4-14-36;1-30(2,3)41-29(39)32-24(17-31)28(38)36-18-21(14-19-6-10-22(40-5)11-7-19)16-26(36)27(37)13-9-20-8-12-25-23(15-20)33-34-35(25)4/h6-16,18-20,23,30,36,38,40H,17,21-22,24-27H2,1-5H3,(H,46,54)(H,47,55);5-7,9-11,16,22,24,27H,3-4,8,12-15,17-19,31H2,1-2H3,(H,32,40);6-8,10-12,15,21,24,26H,9,13-14,16-18,31H2,1-5H3,(H,32,39)/t30-,38-,40+;22-,24-,27+;21-,24-,26+/m111/s1. The third-order valence-corrected chi connectivity index (χ3v) is 26.4. The van der Waals surface area contributed by atoms with Crippen molar-refractivity contribution in [3.05, 3.63) is 220 Å². The van der Waals surface area contributed by atoms with E-state index in [1.54, 1.807) is 96.5 Å². The summed E-state index contributed by atoms with van der Waals surface area (Å²) < 4.78 is 37.6. The van der Waals surface area contributed by atoms with Crippen LogP contribution in [0.2, 0.25) is 0 Å². The maximum Gasteiger partial charge on any atom is 0.408 e. The first-order valence-electron chi connectivity index (χ1n) is 48.0. The molecular formula is C105H129N19O16. The van der Waals surface area contributed by atoms with Crippen molar-refractivity contribution in [1.82, 2.24) is 85.8 Å². The fourth-order valence-electron chi connectivity index (χ4n) is 19.3. The van der Waals surface area contributed by atoms with Gasteiger partial charge in [-0.1, -0.05) is 119 Å². The molecule has 8 amide bonds. The van der Waals surface area contributed by atoms with Gasteiger partial charge >= 0.3 is 24.3 Å². The van der Waals surface area contributed by atoms with E-state index < -0.39 is 71.6 Å². The molecule has 16 rings (SSSR count). The second-order valence-electron chi connectivity index (χ2n) is 38.8. The highest BCUT2D eigenvalue weighted by atomic mass is 16.6.